The zero-order valence-electron chi connectivity index (χ0n) is 14.2. The number of nitrogens with zero attached hydrogens (tertiary/aromatic N) is 1. The number of rotatable bonds is 7. The molecule has 0 saturated heterocycles. The van der Waals surface area contributed by atoms with Crippen LogP contribution in [-0.4, -0.2) is 17.1 Å². The maximum absolute atomic E-state index is 12.3. The van der Waals surface area contributed by atoms with Gasteiger partial charge in [-0.3, -0.25) is 4.79 Å². The lowest BCUT2D eigenvalue weighted by Crippen LogP contribution is -2.32. The largest absolute Gasteiger partial charge is 0.489 e. The van der Waals surface area contributed by atoms with Crippen LogP contribution in [0.2, 0.25) is 0 Å². The first-order chi connectivity index (χ1) is 11.0. The van der Waals surface area contributed by atoms with E-state index in [1.807, 2.05) is 38.1 Å². The highest BCUT2D eigenvalue weighted by Gasteiger charge is 2.21. The highest BCUT2D eigenvalue weighted by atomic mass is 16.5. The summed E-state index contributed by atoms with van der Waals surface area (Å²) in [6.45, 7) is 8.12. The Balaban J connectivity index is 2.07. The molecule has 0 saturated carbocycles. The first kappa shape index (κ1) is 17.1. The SMILES string of the molecule is CCc1ccc(OCc2c(C(=O)NC(C)CC)noc2C)cc1. The summed E-state index contributed by atoms with van der Waals surface area (Å²) in [5.41, 5.74) is 2.24. The van der Waals surface area contributed by atoms with Crippen LogP contribution in [0.15, 0.2) is 28.8 Å². The van der Waals surface area contributed by atoms with Gasteiger partial charge in [0.25, 0.3) is 5.91 Å². The van der Waals surface area contributed by atoms with Crippen LogP contribution in [-0.2, 0) is 13.0 Å². The summed E-state index contributed by atoms with van der Waals surface area (Å²) in [5.74, 6) is 1.14. The molecule has 0 fully saturated rings. The zero-order chi connectivity index (χ0) is 16.8. The molecule has 0 aliphatic carbocycles. The third-order valence-electron chi connectivity index (χ3n) is 3.90. The third-order valence-corrected chi connectivity index (χ3v) is 3.90. The van der Waals surface area contributed by atoms with Crippen LogP contribution in [0.25, 0.3) is 0 Å². The van der Waals surface area contributed by atoms with Gasteiger partial charge in [-0.15, -0.1) is 0 Å². The molecular formula is C18H24N2O3. The van der Waals surface area contributed by atoms with Gasteiger partial charge in [0.05, 0.1) is 5.56 Å². The highest BCUT2D eigenvalue weighted by molar-refractivity contribution is 5.93. The maximum Gasteiger partial charge on any atom is 0.274 e. The zero-order valence-corrected chi connectivity index (χ0v) is 14.2. The lowest BCUT2D eigenvalue weighted by molar-refractivity contribution is 0.0928. The van der Waals surface area contributed by atoms with Crippen LogP contribution in [0.3, 0.4) is 0 Å². The van der Waals surface area contributed by atoms with Crippen molar-refractivity contribution in [1.29, 1.82) is 0 Å². The summed E-state index contributed by atoms with van der Waals surface area (Å²) in [4.78, 5) is 12.3. The number of benzene rings is 1. The van der Waals surface area contributed by atoms with Crippen molar-refractivity contribution < 1.29 is 14.1 Å². The van der Waals surface area contributed by atoms with E-state index in [1.165, 1.54) is 5.56 Å². The van der Waals surface area contributed by atoms with Crippen molar-refractivity contribution in [3.05, 3.63) is 46.8 Å². The summed E-state index contributed by atoms with van der Waals surface area (Å²) in [6.07, 6.45) is 1.85. The number of carbonyl (C=O) groups excluding carboxylic acids is 1. The fourth-order valence-electron chi connectivity index (χ4n) is 2.11. The number of hydrogen-bond donors (Lipinski definition) is 1. The smallest absolute Gasteiger partial charge is 0.274 e. The average molecular weight is 316 g/mol. The van der Waals surface area contributed by atoms with Crippen molar-refractivity contribution in [3.63, 3.8) is 0 Å². The van der Waals surface area contributed by atoms with Crippen LogP contribution in [0.1, 0.15) is 54.6 Å². The van der Waals surface area contributed by atoms with E-state index in [2.05, 4.69) is 17.4 Å². The molecule has 0 radical (unpaired) electrons. The molecule has 0 bridgehead atoms. The minimum atomic E-state index is -0.226. The number of aromatic nitrogens is 1. The second-order valence-corrected chi connectivity index (χ2v) is 5.63. The summed E-state index contributed by atoms with van der Waals surface area (Å²) in [6, 6.07) is 8.02. The molecule has 1 N–H and O–H groups in total. The van der Waals surface area contributed by atoms with Gasteiger partial charge in [-0.2, -0.15) is 0 Å². The van der Waals surface area contributed by atoms with Gasteiger partial charge < -0.3 is 14.6 Å². The van der Waals surface area contributed by atoms with Crippen LogP contribution in [0, 0.1) is 6.92 Å². The first-order valence-corrected chi connectivity index (χ1v) is 8.02. The molecule has 0 aliphatic heterocycles. The fourth-order valence-corrected chi connectivity index (χ4v) is 2.11. The number of carbonyl (C=O) groups is 1. The predicted octanol–water partition coefficient (Wildman–Crippen LogP) is 3.65. The monoisotopic (exact) mass is 316 g/mol. The number of ether oxygens (including phenoxy) is 1. The predicted molar refractivity (Wildman–Crippen MR) is 88.6 cm³/mol. The Morgan fingerprint density at radius 3 is 2.61 bits per heavy atom. The Morgan fingerprint density at radius 2 is 2.00 bits per heavy atom. The number of hydrogen-bond acceptors (Lipinski definition) is 4. The van der Waals surface area contributed by atoms with Crippen molar-refractivity contribution in [2.45, 2.75) is 53.2 Å². The molecule has 2 aromatic rings. The molecule has 1 atom stereocenters. The van der Waals surface area contributed by atoms with Crippen molar-refractivity contribution in [2.75, 3.05) is 0 Å². The Labute approximate surface area is 137 Å². The van der Waals surface area contributed by atoms with E-state index < -0.39 is 0 Å². The van der Waals surface area contributed by atoms with Crippen molar-refractivity contribution in [3.8, 4) is 5.75 Å². The number of aryl methyl sites for hydroxylation is 2. The van der Waals surface area contributed by atoms with Gasteiger partial charge in [0.1, 0.15) is 18.1 Å². The average Bonchev–Trinajstić information content (AvgIpc) is 2.94. The number of nitrogens with one attached hydrogen (secondary N) is 1. The van der Waals surface area contributed by atoms with Crippen LogP contribution < -0.4 is 10.1 Å². The molecule has 2 rings (SSSR count). The maximum atomic E-state index is 12.3. The summed E-state index contributed by atoms with van der Waals surface area (Å²) >= 11 is 0. The molecule has 5 nitrogen and oxygen atoms in total. The molecule has 1 amide bonds. The van der Waals surface area contributed by atoms with Gasteiger partial charge in [0, 0.05) is 6.04 Å². The molecule has 5 heteroatoms. The molecule has 1 aromatic carbocycles. The van der Waals surface area contributed by atoms with E-state index in [4.69, 9.17) is 9.26 Å². The molecule has 124 valence electrons. The molecule has 0 spiro atoms. The topological polar surface area (TPSA) is 64.4 Å². The molecular weight excluding hydrogens is 292 g/mol. The minimum Gasteiger partial charge on any atom is -0.489 e. The minimum absolute atomic E-state index is 0.0925. The van der Waals surface area contributed by atoms with E-state index >= 15 is 0 Å². The van der Waals surface area contributed by atoms with E-state index in [0.29, 0.717) is 17.0 Å². The van der Waals surface area contributed by atoms with Gasteiger partial charge in [-0.25, -0.2) is 0 Å². The van der Waals surface area contributed by atoms with Gasteiger partial charge in [-0.05, 0) is 44.4 Å². The van der Waals surface area contributed by atoms with E-state index in [0.717, 1.165) is 18.6 Å². The van der Waals surface area contributed by atoms with Crippen LogP contribution in [0.5, 0.6) is 5.75 Å². The fraction of sp³-hybridized carbons (Fsp3) is 0.444. The summed E-state index contributed by atoms with van der Waals surface area (Å²) in [5, 5.41) is 6.77. The quantitative estimate of drug-likeness (QED) is 0.847. The second-order valence-electron chi connectivity index (χ2n) is 5.63. The first-order valence-electron chi connectivity index (χ1n) is 8.02. The van der Waals surface area contributed by atoms with Crippen LogP contribution in [0.4, 0.5) is 0 Å². The van der Waals surface area contributed by atoms with Gasteiger partial charge in [0.15, 0.2) is 5.69 Å². The Bertz CT molecular complexity index is 647. The Morgan fingerprint density at radius 1 is 1.30 bits per heavy atom. The summed E-state index contributed by atoms with van der Waals surface area (Å²) in [7, 11) is 0. The molecule has 1 unspecified atom stereocenters. The van der Waals surface area contributed by atoms with Crippen LogP contribution >= 0.6 is 0 Å². The standard InChI is InChI=1S/C18H24N2O3/c1-5-12(3)19-18(21)17-16(13(4)23-20-17)11-22-15-9-7-14(6-2)8-10-15/h7-10,12H,5-6,11H2,1-4H3,(H,19,21). The molecule has 0 aliphatic rings. The lowest BCUT2D eigenvalue weighted by atomic mass is 10.1. The Hall–Kier alpha value is -2.30. The normalized spacial score (nSPS) is 12.0. The molecule has 1 heterocycles. The Kier molecular flexibility index (Phi) is 5.79. The van der Waals surface area contributed by atoms with Gasteiger partial charge in [-0.1, -0.05) is 31.1 Å². The highest BCUT2D eigenvalue weighted by Crippen LogP contribution is 2.19. The lowest BCUT2D eigenvalue weighted by Gasteiger charge is -2.11. The van der Waals surface area contributed by atoms with Gasteiger partial charge in [0.2, 0.25) is 0 Å². The van der Waals surface area contributed by atoms with Crippen molar-refractivity contribution >= 4 is 5.91 Å². The van der Waals surface area contributed by atoms with Crippen molar-refractivity contribution in [1.82, 2.24) is 10.5 Å². The van der Waals surface area contributed by atoms with Gasteiger partial charge >= 0.3 is 0 Å². The second kappa shape index (κ2) is 7.81. The molecule has 1 aromatic heterocycles. The van der Waals surface area contributed by atoms with E-state index in [-0.39, 0.29) is 18.6 Å². The molecule has 23 heavy (non-hydrogen) atoms. The third kappa shape index (κ3) is 4.34. The van der Waals surface area contributed by atoms with Crippen molar-refractivity contribution in [2.24, 2.45) is 0 Å². The van der Waals surface area contributed by atoms with E-state index in [9.17, 15) is 4.79 Å². The van der Waals surface area contributed by atoms with E-state index in [1.54, 1.807) is 6.92 Å². The number of amides is 1. The summed E-state index contributed by atoms with van der Waals surface area (Å²) < 4.78 is 10.9.